The SMILES string of the molecule is CCOC(CN(C)C(=O)CCNC(=O)C(Cc1ccccc1)ONC=O)OCC. The molecule has 0 aromatic heterocycles. The van der Waals surface area contributed by atoms with Crippen LogP contribution in [0.5, 0.6) is 0 Å². The van der Waals surface area contributed by atoms with Crippen LogP contribution in [-0.2, 0) is 35.1 Å². The lowest BCUT2D eigenvalue weighted by atomic mass is 10.1. The molecular formula is C20H31N3O6. The zero-order chi connectivity index (χ0) is 21.5. The van der Waals surface area contributed by atoms with E-state index in [0.29, 0.717) is 26.2 Å². The molecule has 0 saturated heterocycles. The van der Waals surface area contributed by atoms with Crippen molar-refractivity contribution in [1.29, 1.82) is 0 Å². The summed E-state index contributed by atoms with van der Waals surface area (Å²) in [7, 11) is 1.66. The molecule has 1 aromatic carbocycles. The van der Waals surface area contributed by atoms with Crippen LogP contribution in [0.3, 0.4) is 0 Å². The van der Waals surface area contributed by atoms with E-state index >= 15 is 0 Å². The summed E-state index contributed by atoms with van der Waals surface area (Å²) in [6, 6.07) is 9.28. The van der Waals surface area contributed by atoms with E-state index < -0.39 is 18.3 Å². The predicted octanol–water partition coefficient (Wildman–Crippen LogP) is 0.639. The molecule has 0 heterocycles. The number of hydroxylamine groups is 1. The van der Waals surface area contributed by atoms with Crippen molar-refractivity contribution < 1.29 is 28.7 Å². The first kappa shape index (κ1) is 24.5. The molecule has 0 bridgehead atoms. The van der Waals surface area contributed by atoms with Gasteiger partial charge < -0.3 is 19.7 Å². The summed E-state index contributed by atoms with van der Waals surface area (Å²) in [6.07, 6.45) is -0.628. The van der Waals surface area contributed by atoms with Crippen LogP contribution in [0.4, 0.5) is 0 Å². The van der Waals surface area contributed by atoms with E-state index in [0.717, 1.165) is 5.56 Å². The molecule has 9 nitrogen and oxygen atoms in total. The van der Waals surface area contributed by atoms with Gasteiger partial charge in [-0.3, -0.25) is 19.2 Å². The Hall–Kier alpha value is -2.49. The van der Waals surface area contributed by atoms with E-state index in [1.807, 2.05) is 44.2 Å². The Labute approximate surface area is 171 Å². The van der Waals surface area contributed by atoms with Crippen LogP contribution in [0.2, 0.25) is 0 Å². The Morgan fingerprint density at radius 3 is 2.38 bits per heavy atom. The Morgan fingerprint density at radius 2 is 1.79 bits per heavy atom. The molecule has 1 rings (SSSR count). The summed E-state index contributed by atoms with van der Waals surface area (Å²) in [6.45, 7) is 5.14. The average Bonchev–Trinajstić information content (AvgIpc) is 2.72. The van der Waals surface area contributed by atoms with E-state index in [2.05, 4.69) is 10.8 Å². The highest BCUT2D eigenvalue weighted by atomic mass is 16.7. The minimum atomic E-state index is -0.907. The third kappa shape index (κ3) is 10.0. The molecule has 0 aliphatic carbocycles. The zero-order valence-electron chi connectivity index (χ0n) is 17.3. The van der Waals surface area contributed by atoms with Crippen molar-refractivity contribution in [2.24, 2.45) is 0 Å². The third-order valence-corrected chi connectivity index (χ3v) is 4.01. The number of rotatable bonds is 15. The minimum Gasteiger partial charge on any atom is -0.353 e. The molecule has 0 fully saturated rings. The van der Waals surface area contributed by atoms with E-state index in [-0.39, 0.29) is 25.3 Å². The third-order valence-electron chi connectivity index (χ3n) is 4.01. The van der Waals surface area contributed by atoms with Gasteiger partial charge >= 0.3 is 0 Å². The van der Waals surface area contributed by atoms with Crippen molar-refractivity contribution in [3.63, 3.8) is 0 Å². The van der Waals surface area contributed by atoms with Gasteiger partial charge in [0.2, 0.25) is 12.3 Å². The summed E-state index contributed by atoms with van der Waals surface area (Å²) in [5.41, 5.74) is 2.95. The summed E-state index contributed by atoms with van der Waals surface area (Å²) in [5.74, 6) is -0.568. The maximum atomic E-state index is 12.4. The van der Waals surface area contributed by atoms with Crippen LogP contribution in [0.15, 0.2) is 30.3 Å². The van der Waals surface area contributed by atoms with Gasteiger partial charge in [-0.15, -0.1) is 0 Å². The molecule has 2 N–H and O–H groups in total. The Balaban J connectivity index is 2.48. The molecule has 0 radical (unpaired) electrons. The van der Waals surface area contributed by atoms with Crippen LogP contribution in [0.25, 0.3) is 0 Å². The van der Waals surface area contributed by atoms with Crippen molar-refractivity contribution in [2.75, 3.05) is 33.4 Å². The number of benzene rings is 1. The normalized spacial score (nSPS) is 11.7. The van der Waals surface area contributed by atoms with E-state index in [1.165, 1.54) is 4.90 Å². The van der Waals surface area contributed by atoms with Gasteiger partial charge in [0.15, 0.2) is 12.4 Å². The molecule has 29 heavy (non-hydrogen) atoms. The second-order valence-corrected chi connectivity index (χ2v) is 6.19. The van der Waals surface area contributed by atoms with Crippen LogP contribution in [-0.4, -0.2) is 68.9 Å². The van der Waals surface area contributed by atoms with Crippen molar-refractivity contribution in [3.8, 4) is 0 Å². The van der Waals surface area contributed by atoms with Crippen LogP contribution in [0, 0.1) is 0 Å². The lowest BCUT2D eigenvalue weighted by Crippen LogP contribution is -2.43. The molecule has 0 aliphatic heterocycles. The lowest BCUT2D eigenvalue weighted by Gasteiger charge is -2.24. The molecule has 1 atom stereocenters. The Morgan fingerprint density at radius 1 is 1.14 bits per heavy atom. The van der Waals surface area contributed by atoms with Crippen molar-refractivity contribution in [1.82, 2.24) is 15.7 Å². The number of ether oxygens (including phenoxy) is 2. The van der Waals surface area contributed by atoms with Crippen molar-refractivity contribution >= 4 is 18.2 Å². The first-order chi connectivity index (χ1) is 14.0. The van der Waals surface area contributed by atoms with Crippen LogP contribution < -0.4 is 10.8 Å². The fourth-order valence-corrected chi connectivity index (χ4v) is 2.57. The number of likely N-dealkylation sites (N-methyl/N-ethyl adjacent to an activating group) is 1. The molecule has 1 unspecified atom stereocenters. The quantitative estimate of drug-likeness (QED) is 0.250. The second-order valence-electron chi connectivity index (χ2n) is 6.19. The smallest absolute Gasteiger partial charge is 0.252 e. The highest BCUT2D eigenvalue weighted by Gasteiger charge is 2.21. The predicted molar refractivity (Wildman–Crippen MR) is 107 cm³/mol. The zero-order valence-corrected chi connectivity index (χ0v) is 17.3. The van der Waals surface area contributed by atoms with Gasteiger partial charge in [0.05, 0.1) is 6.54 Å². The van der Waals surface area contributed by atoms with E-state index in [9.17, 15) is 14.4 Å². The molecule has 3 amide bonds. The van der Waals surface area contributed by atoms with Crippen molar-refractivity contribution in [2.45, 2.75) is 39.1 Å². The van der Waals surface area contributed by atoms with Gasteiger partial charge in [-0.25, -0.2) is 5.48 Å². The first-order valence-corrected chi connectivity index (χ1v) is 9.65. The second kappa shape index (κ2) is 14.5. The van der Waals surface area contributed by atoms with Gasteiger partial charge in [0.25, 0.3) is 5.91 Å². The highest BCUT2D eigenvalue weighted by molar-refractivity contribution is 5.82. The number of nitrogens with zero attached hydrogens (tertiary/aromatic N) is 1. The van der Waals surface area contributed by atoms with E-state index in [1.54, 1.807) is 7.05 Å². The van der Waals surface area contributed by atoms with Gasteiger partial charge in [-0.2, -0.15) is 0 Å². The Kier molecular flexibility index (Phi) is 12.3. The standard InChI is InChI=1S/C20H31N3O6/c1-4-27-19(28-5-2)14-23(3)18(25)11-12-21-20(26)17(29-22-15-24)13-16-9-7-6-8-10-16/h6-10,15,17,19H,4-5,11-14H2,1-3H3,(H,21,26)(H,22,24). The number of hydrogen-bond acceptors (Lipinski definition) is 6. The number of nitrogens with one attached hydrogen (secondary N) is 2. The molecule has 162 valence electrons. The maximum absolute atomic E-state index is 12.4. The number of carbonyl (C=O) groups is 3. The number of carbonyl (C=O) groups excluding carboxylic acids is 3. The molecule has 0 saturated carbocycles. The van der Waals surface area contributed by atoms with Gasteiger partial charge in [0, 0.05) is 39.6 Å². The number of hydrogen-bond donors (Lipinski definition) is 2. The van der Waals surface area contributed by atoms with Crippen molar-refractivity contribution in [3.05, 3.63) is 35.9 Å². The molecule has 0 aliphatic rings. The summed E-state index contributed by atoms with van der Waals surface area (Å²) in [5, 5.41) is 2.67. The fourth-order valence-electron chi connectivity index (χ4n) is 2.57. The molecule has 9 heteroatoms. The molecule has 1 aromatic rings. The van der Waals surface area contributed by atoms with E-state index in [4.69, 9.17) is 14.3 Å². The lowest BCUT2D eigenvalue weighted by molar-refractivity contribution is -0.156. The van der Waals surface area contributed by atoms with Crippen LogP contribution >= 0.6 is 0 Å². The largest absolute Gasteiger partial charge is 0.353 e. The minimum absolute atomic E-state index is 0.117. The maximum Gasteiger partial charge on any atom is 0.252 e. The number of amides is 3. The fraction of sp³-hybridized carbons (Fsp3) is 0.550. The summed E-state index contributed by atoms with van der Waals surface area (Å²) < 4.78 is 10.9. The van der Waals surface area contributed by atoms with Gasteiger partial charge in [-0.05, 0) is 19.4 Å². The molecular weight excluding hydrogens is 378 g/mol. The molecule has 0 spiro atoms. The summed E-state index contributed by atoms with van der Waals surface area (Å²) >= 11 is 0. The highest BCUT2D eigenvalue weighted by Crippen LogP contribution is 2.06. The monoisotopic (exact) mass is 409 g/mol. The average molecular weight is 409 g/mol. The van der Waals surface area contributed by atoms with Gasteiger partial charge in [-0.1, -0.05) is 30.3 Å². The topological polar surface area (TPSA) is 106 Å². The first-order valence-electron chi connectivity index (χ1n) is 9.65. The Bertz CT molecular complexity index is 607. The van der Waals surface area contributed by atoms with Crippen LogP contribution in [0.1, 0.15) is 25.8 Å². The summed E-state index contributed by atoms with van der Waals surface area (Å²) in [4.78, 5) is 41.8. The van der Waals surface area contributed by atoms with Gasteiger partial charge in [0.1, 0.15) is 0 Å².